The van der Waals surface area contributed by atoms with Gasteiger partial charge in [0.05, 0.1) is 6.42 Å². The normalized spacial score (nSPS) is 19.8. The van der Waals surface area contributed by atoms with Gasteiger partial charge in [0.15, 0.2) is 0 Å². The number of rotatable bonds is 8. The molecule has 0 saturated heterocycles. The van der Waals surface area contributed by atoms with E-state index in [0.717, 1.165) is 35.1 Å². The molecule has 1 atom stereocenters. The molecule has 2 aliphatic carbocycles. The summed E-state index contributed by atoms with van der Waals surface area (Å²) in [6.45, 7) is 2.75. The summed E-state index contributed by atoms with van der Waals surface area (Å²) in [6.07, 6.45) is 0.787. The van der Waals surface area contributed by atoms with Crippen LogP contribution < -0.4 is 10.6 Å². The van der Waals surface area contributed by atoms with Crippen molar-refractivity contribution in [3.63, 3.8) is 0 Å². The van der Waals surface area contributed by atoms with E-state index in [2.05, 4.69) is 17.6 Å². The van der Waals surface area contributed by atoms with Crippen molar-refractivity contribution < 1.29 is 24.2 Å². The molecule has 7 heteroatoms. The van der Waals surface area contributed by atoms with Crippen molar-refractivity contribution in [2.24, 2.45) is 11.8 Å². The van der Waals surface area contributed by atoms with Gasteiger partial charge in [-0.2, -0.15) is 0 Å². The molecule has 0 spiro atoms. The topological polar surface area (TPSA) is 105 Å². The second-order valence-corrected chi connectivity index (χ2v) is 8.81. The Labute approximate surface area is 187 Å². The molecular formula is C25H28N2O5. The van der Waals surface area contributed by atoms with Crippen molar-refractivity contribution in [2.75, 3.05) is 13.2 Å². The fraction of sp³-hybridized carbons (Fsp3) is 0.400. The molecule has 3 N–H and O–H groups in total. The number of alkyl carbamates (subject to hydrolysis) is 1. The number of benzene rings is 2. The summed E-state index contributed by atoms with van der Waals surface area (Å²) in [5.41, 5.74) is 4.39. The molecule has 0 radical (unpaired) electrons. The highest BCUT2D eigenvalue weighted by Gasteiger charge is 2.31. The van der Waals surface area contributed by atoms with Gasteiger partial charge in [0.2, 0.25) is 5.91 Å². The van der Waals surface area contributed by atoms with Crippen molar-refractivity contribution in [1.29, 1.82) is 0 Å². The van der Waals surface area contributed by atoms with Crippen LogP contribution in [0.4, 0.5) is 4.79 Å². The molecule has 2 aromatic carbocycles. The van der Waals surface area contributed by atoms with E-state index in [1.807, 2.05) is 48.5 Å². The number of hydrogen-bond donors (Lipinski definition) is 3. The third-order valence-corrected chi connectivity index (χ3v) is 6.37. The predicted octanol–water partition coefficient (Wildman–Crippen LogP) is 3.53. The summed E-state index contributed by atoms with van der Waals surface area (Å²) in [5.74, 6) is -0.707. The van der Waals surface area contributed by atoms with Crippen LogP contribution in [-0.4, -0.2) is 42.3 Å². The molecule has 2 aromatic rings. The predicted molar refractivity (Wildman–Crippen MR) is 119 cm³/mol. The van der Waals surface area contributed by atoms with Crippen LogP contribution in [0.15, 0.2) is 48.5 Å². The Bertz CT molecular complexity index is 969. The molecule has 0 bridgehead atoms. The lowest BCUT2D eigenvalue weighted by molar-refractivity contribution is -0.139. The zero-order valence-electron chi connectivity index (χ0n) is 18.0. The SMILES string of the molecule is CC1CC(CNC(=O)C(CC(=O)O)NC(=O)OCC2c3ccccc3-c3ccccc32)C1. The average molecular weight is 437 g/mol. The number of fused-ring (bicyclic) bond motifs is 3. The second kappa shape index (κ2) is 9.42. The maximum atomic E-state index is 12.5. The Kier molecular flexibility index (Phi) is 6.44. The zero-order chi connectivity index (χ0) is 22.7. The van der Waals surface area contributed by atoms with E-state index in [1.165, 1.54) is 0 Å². The summed E-state index contributed by atoms with van der Waals surface area (Å²) < 4.78 is 5.45. The first-order valence-electron chi connectivity index (χ1n) is 11.0. The number of carbonyl (C=O) groups is 3. The minimum Gasteiger partial charge on any atom is -0.481 e. The van der Waals surface area contributed by atoms with Crippen molar-refractivity contribution >= 4 is 18.0 Å². The van der Waals surface area contributed by atoms with Gasteiger partial charge >= 0.3 is 12.1 Å². The minimum atomic E-state index is -1.18. The molecular weight excluding hydrogens is 408 g/mol. The Morgan fingerprint density at radius 2 is 1.62 bits per heavy atom. The molecule has 0 aromatic heterocycles. The maximum Gasteiger partial charge on any atom is 0.407 e. The number of carbonyl (C=O) groups excluding carboxylic acids is 2. The quantitative estimate of drug-likeness (QED) is 0.587. The van der Waals surface area contributed by atoms with E-state index in [9.17, 15) is 14.4 Å². The molecule has 168 valence electrons. The van der Waals surface area contributed by atoms with E-state index in [1.54, 1.807) is 0 Å². The monoisotopic (exact) mass is 436 g/mol. The van der Waals surface area contributed by atoms with E-state index < -0.39 is 30.4 Å². The first-order valence-corrected chi connectivity index (χ1v) is 11.0. The lowest BCUT2D eigenvalue weighted by Gasteiger charge is -2.33. The van der Waals surface area contributed by atoms with Gasteiger partial charge in [-0.25, -0.2) is 4.79 Å². The van der Waals surface area contributed by atoms with E-state index in [0.29, 0.717) is 18.4 Å². The molecule has 0 heterocycles. The van der Waals surface area contributed by atoms with Crippen LogP contribution >= 0.6 is 0 Å². The van der Waals surface area contributed by atoms with Crippen molar-refractivity contribution in [3.8, 4) is 11.1 Å². The van der Waals surface area contributed by atoms with Crippen LogP contribution in [0.5, 0.6) is 0 Å². The van der Waals surface area contributed by atoms with Crippen LogP contribution in [0.3, 0.4) is 0 Å². The average Bonchev–Trinajstić information content (AvgIpc) is 3.07. The largest absolute Gasteiger partial charge is 0.481 e. The number of carboxylic acid groups (broad SMARTS) is 1. The highest BCUT2D eigenvalue weighted by Crippen LogP contribution is 2.44. The molecule has 32 heavy (non-hydrogen) atoms. The van der Waals surface area contributed by atoms with Gasteiger partial charge in [0.25, 0.3) is 0 Å². The molecule has 2 amide bonds. The minimum absolute atomic E-state index is 0.0984. The van der Waals surface area contributed by atoms with Crippen molar-refractivity contribution in [1.82, 2.24) is 10.6 Å². The highest BCUT2D eigenvalue weighted by atomic mass is 16.5. The smallest absolute Gasteiger partial charge is 0.407 e. The van der Waals surface area contributed by atoms with Gasteiger partial charge < -0.3 is 20.5 Å². The van der Waals surface area contributed by atoms with Crippen molar-refractivity contribution in [2.45, 2.75) is 38.1 Å². The lowest BCUT2D eigenvalue weighted by atomic mass is 9.76. The van der Waals surface area contributed by atoms with Crippen LogP contribution in [0.2, 0.25) is 0 Å². The number of aliphatic carboxylic acids is 1. The first-order chi connectivity index (χ1) is 15.4. The number of nitrogens with one attached hydrogen (secondary N) is 2. The van der Waals surface area contributed by atoms with E-state index >= 15 is 0 Å². The third kappa shape index (κ3) is 4.77. The summed E-state index contributed by atoms with van der Waals surface area (Å²) in [4.78, 5) is 36.2. The van der Waals surface area contributed by atoms with Crippen LogP contribution in [0, 0.1) is 11.8 Å². The van der Waals surface area contributed by atoms with Gasteiger partial charge in [-0.15, -0.1) is 0 Å². The Balaban J connectivity index is 1.36. The molecule has 7 nitrogen and oxygen atoms in total. The first kappa shape index (κ1) is 21.9. The Morgan fingerprint density at radius 3 is 2.19 bits per heavy atom. The van der Waals surface area contributed by atoms with Crippen LogP contribution in [0.1, 0.15) is 43.2 Å². The molecule has 0 aliphatic heterocycles. The summed E-state index contributed by atoms with van der Waals surface area (Å²) in [6, 6.07) is 14.8. The maximum absolute atomic E-state index is 12.5. The molecule has 1 saturated carbocycles. The third-order valence-electron chi connectivity index (χ3n) is 6.37. The number of ether oxygens (including phenoxy) is 1. The fourth-order valence-corrected chi connectivity index (χ4v) is 4.77. The summed E-state index contributed by atoms with van der Waals surface area (Å²) in [7, 11) is 0. The molecule has 1 unspecified atom stereocenters. The molecule has 1 fully saturated rings. The van der Waals surface area contributed by atoms with Gasteiger partial charge in [-0.05, 0) is 46.9 Å². The number of hydrogen-bond acceptors (Lipinski definition) is 4. The number of carboxylic acids is 1. The van der Waals surface area contributed by atoms with Crippen LogP contribution in [-0.2, 0) is 14.3 Å². The molecule has 2 aliphatic rings. The highest BCUT2D eigenvalue weighted by molar-refractivity contribution is 5.89. The van der Waals surface area contributed by atoms with Gasteiger partial charge in [0.1, 0.15) is 12.6 Å². The summed E-state index contributed by atoms with van der Waals surface area (Å²) >= 11 is 0. The Morgan fingerprint density at radius 1 is 1.03 bits per heavy atom. The second-order valence-electron chi connectivity index (χ2n) is 8.81. The van der Waals surface area contributed by atoms with Gasteiger partial charge in [0, 0.05) is 12.5 Å². The Hall–Kier alpha value is -3.35. The standard InChI is InChI=1S/C25H28N2O5/c1-15-10-16(11-15)13-26-24(30)22(12-23(28)29)27-25(31)32-14-21-19-8-4-2-6-17(19)18-7-3-5-9-20(18)21/h2-9,15-16,21-22H,10-14H2,1H3,(H,26,30)(H,27,31)(H,28,29). The van der Waals surface area contributed by atoms with E-state index in [-0.39, 0.29) is 12.5 Å². The fourth-order valence-electron chi connectivity index (χ4n) is 4.77. The van der Waals surface area contributed by atoms with Crippen molar-refractivity contribution in [3.05, 3.63) is 59.7 Å². The lowest BCUT2D eigenvalue weighted by Crippen LogP contribution is -2.49. The van der Waals surface area contributed by atoms with Gasteiger partial charge in [-0.1, -0.05) is 55.5 Å². The van der Waals surface area contributed by atoms with Crippen LogP contribution in [0.25, 0.3) is 11.1 Å². The van der Waals surface area contributed by atoms with Gasteiger partial charge in [-0.3, -0.25) is 9.59 Å². The number of amides is 2. The van der Waals surface area contributed by atoms with E-state index in [4.69, 9.17) is 9.84 Å². The molecule has 4 rings (SSSR count). The summed E-state index contributed by atoms with van der Waals surface area (Å²) in [5, 5.41) is 14.4. The zero-order valence-corrected chi connectivity index (χ0v) is 18.0.